The van der Waals surface area contributed by atoms with Crippen molar-refractivity contribution in [2.45, 2.75) is 38.9 Å². The Hall–Kier alpha value is -2.45. The summed E-state index contributed by atoms with van der Waals surface area (Å²) in [6.45, 7) is 3.21. The van der Waals surface area contributed by atoms with Gasteiger partial charge in [-0.2, -0.15) is 0 Å². The van der Waals surface area contributed by atoms with E-state index in [0.717, 1.165) is 15.6 Å². The van der Waals surface area contributed by atoms with E-state index in [-0.39, 0.29) is 18.4 Å². The zero-order valence-corrected chi connectivity index (χ0v) is 15.7. The summed E-state index contributed by atoms with van der Waals surface area (Å²) in [6, 6.07) is 7.13. The first-order valence-corrected chi connectivity index (χ1v) is 9.36. The highest BCUT2D eigenvalue weighted by atomic mass is 32.1. The molecule has 0 aliphatic carbocycles. The summed E-state index contributed by atoms with van der Waals surface area (Å²) in [5.74, 6) is -0.940. The average Bonchev–Trinajstić information content (AvgIpc) is 3.03. The summed E-state index contributed by atoms with van der Waals surface area (Å²) in [4.78, 5) is 35.8. The van der Waals surface area contributed by atoms with Gasteiger partial charge in [0.25, 0.3) is 0 Å². The van der Waals surface area contributed by atoms with Gasteiger partial charge in [-0.1, -0.05) is 25.1 Å². The second-order valence-electron chi connectivity index (χ2n) is 5.94. The maximum Gasteiger partial charge on any atom is 0.244 e. The molecule has 0 bridgehead atoms. The van der Waals surface area contributed by atoms with Crippen LogP contribution in [-0.2, 0) is 20.8 Å². The molecule has 7 nitrogen and oxygen atoms in total. The van der Waals surface area contributed by atoms with Gasteiger partial charge in [-0.3, -0.25) is 14.4 Å². The maximum absolute atomic E-state index is 12.6. The normalized spacial score (nSPS) is 13.0. The lowest BCUT2D eigenvalue weighted by Gasteiger charge is -2.22. The van der Waals surface area contributed by atoms with Crippen molar-refractivity contribution in [1.29, 1.82) is 0 Å². The van der Waals surface area contributed by atoms with Crippen molar-refractivity contribution in [2.24, 2.45) is 5.73 Å². The Morgan fingerprint density at radius 3 is 2.54 bits per heavy atom. The Kier molecular flexibility index (Phi) is 7.11. The van der Waals surface area contributed by atoms with Gasteiger partial charge in [0.2, 0.25) is 17.7 Å². The lowest BCUT2D eigenvalue weighted by Crippen LogP contribution is -2.54. The lowest BCUT2D eigenvalue weighted by molar-refractivity contribution is -0.129. The fourth-order valence-electron chi connectivity index (χ4n) is 2.57. The standard InChI is InChI=1S/C18H24N4O3S/c1-3-16(23)20-11(2)21-18(25)14(22-17(24)9-19)8-12-10-26-15-7-5-4-6-13(12)15/h4-7,10-11,14H,3,8-9,19H2,1-2H3,(H,20,23)(H,21,25)(H,22,24)/t11-,14?/m1/s1. The van der Waals surface area contributed by atoms with Gasteiger partial charge in [0, 0.05) is 17.5 Å². The predicted molar refractivity (Wildman–Crippen MR) is 103 cm³/mol. The highest BCUT2D eigenvalue weighted by Crippen LogP contribution is 2.26. The number of rotatable bonds is 8. The van der Waals surface area contributed by atoms with Gasteiger partial charge >= 0.3 is 0 Å². The van der Waals surface area contributed by atoms with E-state index in [1.165, 1.54) is 0 Å². The number of nitrogens with one attached hydrogen (secondary N) is 3. The molecule has 140 valence electrons. The fourth-order valence-corrected chi connectivity index (χ4v) is 3.54. The Labute approximate surface area is 156 Å². The van der Waals surface area contributed by atoms with Crippen LogP contribution in [-0.4, -0.2) is 36.5 Å². The minimum absolute atomic E-state index is 0.163. The average molecular weight is 376 g/mol. The van der Waals surface area contributed by atoms with Crippen LogP contribution in [0.4, 0.5) is 0 Å². The molecule has 1 heterocycles. The van der Waals surface area contributed by atoms with Crippen LogP contribution in [0.2, 0.25) is 0 Å². The van der Waals surface area contributed by atoms with E-state index in [1.807, 2.05) is 29.6 Å². The second-order valence-corrected chi connectivity index (χ2v) is 6.85. The van der Waals surface area contributed by atoms with E-state index < -0.39 is 18.1 Å². The molecule has 0 radical (unpaired) electrons. The molecule has 1 aromatic carbocycles. The molecule has 0 saturated carbocycles. The zero-order chi connectivity index (χ0) is 19.1. The molecule has 0 aliphatic rings. The third kappa shape index (κ3) is 5.27. The van der Waals surface area contributed by atoms with Gasteiger partial charge < -0.3 is 21.7 Å². The molecule has 0 spiro atoms. The molecule has 0 aliphatic heterocycles. The molecule has 0 fully saturated rings. The van der Waals surface area contributed by atoms with Crippen molar-refractivity contribution >= 4 is 39.1 Å². The molecule has 8 heteroatoms. The predicted octanol–water partition coefficient (Wildman–Crippen LogP) is 0.876. The van der Waals surface area contributed by atoms with Crippen molar-refractivity contribution in [2.75, 3.05) is 6.54 Å². The van der Waals surface area contributed by atoms with Gasteiger partial charge in [0.15, 0.2) is 0 Å². The van der Waals surface area contributed by atoms with E-state index in [0.29, 0.717) is 12.8 Å². The smallest absolute Gasteiger partial charge is 0.244 e. The van der Waals surface area contributed by atoms with Crippen LogP contribution in [0.1, 0.15) is 25.8 Å². The SMILES string of the molecule is CCC(=O)N[C@@H](C)NC(=O)C(Cc1csc2ccccc12)NC(=O)CN. The number of nitrogens with two attached hydrogens (primary N) is 1. The molecule has 2 aromatic rings. The summed E-state index contributed by atoms with van der Waals surface area (Å²) in [5.41, 5.74) is 6.35. The number of benzene rings is 1. The number of hydrogen-bond donors (Lipinski definition) is 4. The van der Waals surface area contributed by atoms with Crippen LogP contribution >= 0.6 is 11.3 Å². The van der Waals surface area contributed by atoms with Crippen molar-refractivity contribution in [3.63, 3.8) is 0 Å². The number of amides is 3. The summed E-state index contributed by atoms with van der Waals surface area (Å²) in [6.07, 6.45) is 0.135. The first kappa shape index (κ1) is 19.9. The maximum atomic E-state index is 12.6. The quantitative estimate of drug-likeness (QED) is 0.512. The van der Waals surface area contributed by atoms with Gasteiger partial charge in [-0.25, -0.2) is 0 Å². The molecule has 1 aromatic heterocycles. The summed E-state index contributed by atoms with van der Waals surface area (Å²) in [5, 5.41) is 11.1. The van der Waals surface area contributed by atoms with Crippen LogP contribution in [0, 0.1) is 0 Å². The van der Waals surface area contributed by atoms with Crippen LogP contribution in [0.15, 0.2) is 29.6 Å². The Balaban J connectivity index is 2.13. The third-order valence-electron chi connectivity index (χ3n) is 3.88. The van der Waals surface area contributed by atoms with E-state index >= 15 is 0 Å². The van der Waals surface area contributed by atoms with Crippen molar-refractivity contribution in [3.8, 4) is 0 Å². The summed E-state index contributed by atoms with van der Waals surface area (Å²) < 4.78 is 1.12. The van der Waals surface area contributed by atoms with Gasteiger partial charge in [0.1, 0.15) is 6.04 Å². The van der Waals surface area contributed by atoms with E-state index in [4.69, 9.17) is 5.73 Å². The van der Waals surface area contributed by atoms with Crippen LogP contribution in [0.5, 0.6) is 0 Å². The first-order chi connectivity index (χ1) is 12.4. The molecular formula is C18H24N4O3S. The van der Waals surface area contributed by atoms with Crippen molar-refractivity contribution < 1.29 is 14.4 Å². The minimum atomic E-state index is -0.773. The highest BCUT2D eigenvalue weighted by Gasteiger charge is 2.23. The van der Waals surface area contributed by atoms with Gasteiger partial charge in [-0.15, -0.1) is 11.3 Å². The second kappa shape index (κ2) is 9.30. The molecule has 1 unspecified atom stereocenters. The molecule has 5 N–H and O–H groups in total. The molecule has 26 heavy (non-hydrogen) atoms. The molecule has 2 rings (SSSR count). The van der Waals surface area contributed by atoms with E-state index in [2.05, 4.69) is 16.0 Å². The number of hydrogen-bond acceptors (Lipinski definition) is 5. The van der Waals surface area contributed by atoms with Gasteiger partial charge in [0.05, 0.1) is 12.7 Å². The number of fused-ring (bicyclic) bond motifs is 1. The highest BCUT2D eigenvalue weighted by molar-refractivity contribution is 7.17. The minimum Gasteiger partial charge on any atom is -0.343 e. The van der Waals surface area contributed by atoms with Crippen LogP contribution in [0.3, 0.4) is 0 Å². The summed E-state index contributed by atoms with van der Waals surface area (Å²) in [7, 11) is 0. The topological polar surface area (TPSA) is 113 Å². The number of thiophene rings is 1. The van der Waals surface area contributed by atoms with Crippen LogP contribution in [0.25, 0.3) is 10.1 Å². The van der Waals surface area contributed by atoms with E-state index in [1.54, 1.807) is 25.2 Å². The Morgan fingerprint density at radius 2 is 1.85 bits per heavy atom. The Morgan fingerprint density at radius 1 is 1.12 bits per heavy atom. The molecular weight excluding hydrogens is 352 g/mol. The van der Waals surface area contributed by atoms with E-state index in [9.17, 15) is 14.4 Å². The third-order valence-corrected chi connectivity index (χ3v) is 4.89. The number of carbonyl (C=O) groups is 3. The Bertz CT molecular complexity index is 790. The lowest BCUT2D eigenvalue weighted by atomic mass is 10.0. The molecule has 0 saturated heterocycles. The monoisotopic (exact) mass is 376 g/mol. The first-order valence-electron chi connectivity index (χ1n) is 8.48. The van der Waals surface area contributed by atoms with Gasteiger partial charge in [-0.05, 0) is 29.3 Å². The van der Waals surface area contributed by atoms with Crippen molar-refractivity contribution in [1.82, 2.24) is 16.0 Å². The fraction of sp³-hybridized carbons (Fsp3) is 0.389. The van der Waals surface area contributed by atoms with Crippen molar-refractivity contribution in [3.05, 3.63) is 35.2 Å². The molecule has 2 atom stereocenters. The number of carbonyl (C=O) groups excluding carboxylic acids is 3. The van der Waals surface area contributed by atoms with Crippen LogP contribution < -0.4 is 21.7 Å². The summed E-state index contributed by atoms with van der Waals surface area (Å²) >= 11 is 1.59. The molecule has 3 amide bonds. The largest absolute Gasteiger partial charge is 0.343 e. The zero-order valence-electron chi connectivity index (χ0n) is 14.9.